The van der Waals surface area contributed by atoms with Crippen molar-refractivity contribution in [3.8, 4) is 0 Å². The third-order valence-electron chi connectivity index (χ3n) is 7.69. The molecule has 4 aliphatic carbocycles. The Morgan fingerprint density at radius 2 is 2.14 bits per heavy atom. The van der Waals surface area contributed by atoms with Gasteiger partial charge in [0, 0.05) is 5.41 Å². The van der Waals surface area contributed by atoms with E-state index in [2.05, 4.69) is 26.5 Å². The molecular formula is C20H24O2. The second-order valence-corrected chi connectivity index (χ2v) is 8.64. The monoisotopic (exact) mass is 296 g/mol. The van der Waals surface area contributed by atoms with Crippen molar-refractivity contribution in [2.45, 2.75) is 51.7 Å². The first-order valence-corrected chi connectivity index (χ1v) is 8.72. The summed E-state index contributed by atoms with van der Waals surface area (Å²) in [6.07, 6.45) is 11.7. The van der Waals surface area contributed by atoms with Gasteiger partial charge in [0.25, 0.3) is 0 Å². The summed E-state index contributed by atoms with van der Waals surface area (Å²) in [6.45, 7) is 9.14. The Morgan fingerprint density at radius 1 is 1.32 bits per heavy atom. The van der Waals surface area contributed by atoms with Gasteiger partial charge in [-0.05, 0) is 66.6 Å². The minimum atomic E-state index is 0.0167. The molecule has 0 aromatic heterocycles. The number of allylic oxidation sites excluding steroid dienone is 5. The van der Waals surface area contributed by atoms with Crippen molar-refractivity contribution in [3.63, 3.8) is 0 Å². The van der Waals surface area contributed by atoms with Gasteiger partial charge in [-0.15, -0.1) is 0 Å². The standard InChI is InChI=1S/C20H24O2/c1-11-8-13-14(19(2)6-4-12(21)9-15(11)19)5-7-20(3)16(13)10-17-18(20)22-17/h4,6,9,13-14,16-18H,1,5,7-8,10H2,2-3H3/t13-,14-,16-,17+,18+,19-,20+/m1/s1. The first-order valence-electron chi connectivity index (χ1n) is 8.72. The number of hydrogen-bond acceptors (Lipinski definition) is 2. The second-order valence-electron chi connectivity index (χ2n) is 8.64. The van der Waals surface area contributed by atoms with Crippen LogP contribution in [0.4, 0.5) is 0 Å². The van der Waals surface area contributed by atoms with Crippen molar-refractivity contribution in [3.05, 3.63) is 36.0 Å². The van der Waals surface area contributed by atoms with E-state index in [0.29, 0.717) is 29.5 Å². The number of rotatable bonds is 0. The van der Waals surface area contributed by atoms with Crippen LogP contribution in [0.2, 0.25) is 0 Å². The number of ether oxygens (including phenoxy) is 1. The maximum absolute atomic E-state index is 11.8. The fourth-order valence-electron chi connectivity index (χ4n) is 6.51. The van der Waals surface area contributed by atoms with Gasteiger partial charge < -0.3 is 4.74 Å². The van der Waals surface area contributed by atoms with E-state index in [9.17, 15) is 4.79 Å². The highest BCUT2D eigenvalue weighted by molar-refractivity contribution is 6.01. The fraction of sp³-hybridized carbons (Fsp3) is 0.650. The fourth-order valence-corrected chi connectivity index (χ4v) is 6.51. The van der Waals surface area contributed by atoms with E-state index in [1.165, 1.54) is 30.4 Å². The molecule has 0 amide bonds. The van der Waals surface area contributed by atoms with Gasteiger partial charge in [-0.2, -0.15) is 0 Å². The molecule has 5 aliphatic rings. The molecule has 1 saturated heterocycles. The molecule has 0 unspecified atom stereocenters. The SMILES string of the molecule is C=C1C[C@H]2[C@H]3C[C@@H]4O[C@@H]4[C@@]3(C)CC[C@H]2[C@@]2(C)C=CC(=O)C=C12. The Balaban J connectivity index is 1.57. The second kappa shape index (κ2) is 3.84. The van der Waals surface area contributed by atoms with Crippen LogP contribution in [-0.4, -0.2) is 18.0 Å². The number of hydrogen-bond donors (Lipinski definition) is 0. The summed E-state index contributed by atoms with van der Waals surface area (Å²) < 4.78 is 5.89. The molecular weight excluding hydrogens is 272 g/mol. The number of fused-ring (bicyclic) bond motifs is 7. The zero-order chi connectivity index (χ0) is 15.3. The zero-order valence-corrected chi connectivity index (χ0v) is 13.5. The molecule has 7 atom stereocenters. The molecule has 5 rings (SSSR count). The molecule has 2 nitrogen and oxygen atoms in total. The van der Waals surface area contributed by atoms with Crippen molar-refractivity contribution in [1.29, 1.82) is 0 Å². The highest BCUT2D eigenvalue weighted by Gasteiger charge is 2.67. The van der Waals surface area contributed by atoms with Gasteiger partial charge in [0.15, 0.2) is 5.78 Å². The van der Waals surface area contributed by atoms with Gasteiger partial charge >= 0.3 is 0 Å². The number of carbonyl (C=O) groups excluding carboxylic acids is 1. The van der Waals surface area contributed by atoms with E-state index in [4.69, 9.17) is 4.74 Å². The summed E-state index contributed by atoms with van der Waals surface area (Å²) in [4.78, 5) is 11.8. The normalized spacial score (nSPS) is 55.0. The van der Waals surface area contributed by atoms with Crippen LogP contribution >= 0.6 is 0 Å². The summed E-state index contributed by atoms with van der Waals surface area (Å²) in [6, 6.07) is 0. The van der Waals surface area contributed by atoms with Crippen LogP contribution in [0, 0.1) is 28.6 Å². The first-order chi connectivity index (χ1) is 10.4. The van der Waals surface area contributed by atoms with E-state index in [1.807, 2.05) is 6.08 Å². The van der Waals surface area contributed by atoms with Gasteiger partial charge in [0.2, 0.25) is 0 Å². The molecule has 0 bridgehead atoms. The predicted molar refractivity (Wildman–Crippen MR) is 85.2 cm³/mol. The van der Waals surface area contributed by atoms with E-state index < -0.39 is 0 Å². The first kappa shape index (κ1) is 13.3. The van der Waals surface area contributed by atoms with Gasteiger partial charge in [0.05, 0.1) is 12.2 Å². The van der Waals surface area contributed by atoms with Gasteiger partial charge in [-0.3, -0.25) is 4.79 Å². The van der Waals surface area contributed by atoms with Gasteiger partial charge in [-0.25, -0.2) is 0 Å². The highest BCUT2D eigenvalue weighted by atomic mass is 16.6. The quantitative estimate of drug-likeness (QED) is 0.636. The average Bonchev–Trinajstić information content (AvgIpc) is 3.19. The van der Waals surface area contributed by atoms with Gasteiger partial charge in [-0.1, -0.05) is 32.1 Å². The zero-order valence-electron chi connectivity index (χ0n) is 13.5. The molecule has 1 aliphatic heterocycles. The van der Waals surface area contributed by atoms with Crippen molar-refractivity contribution < 1.29 is 9.53 Å². The summed E-state index contributed by atoms with van der Waals surface area (Å²) in [5.74, 6) is 2.27. The molecule has 4 fully saturated rings. The molecule has 2 heteroatoms. The van der Waals surface area contributed by atoms with Crippen molar-refractivity contribution in [2.75, 3.05) is 0 Å². The highest BCUT2D eigenvalue weighted by Crippen LogP contribution is 2.68. The van der Waals surface area contributed by atoms with Crippen molar-refractivity contribution in [2.24, 2.45) is 28.6 Å². The third kappa shape index (κ3) is 1.43. The van der Waals surface area contributed by atoms with E-state index >= 15 is 0 Å². The molecule has 116 valence electrons. The maximum Gasteiger partial charge on any atom is 0.178 e. The lowest BCUT2D eigenvalue weighted by atomic mass is 9.47. The Bertz CT molecular complexity index is 657. The predicted octanol–water partition coefficient (Wildman–Crippen LogP) is 3.84. The molecule has 0 spiro atoms. The molecule has 0 aromatic carbocycles. The molecule has 0 N–H and O–H groups in total. The third-order valence-corrected chi connectivity index (χ3v) is 7.69. The molecule has 1 heterocycles. The minimum absolute atomic E-state index is 0.0167. The van der Waals surface area contributed by atoms with Crippen LogP contribution in [0.3, 0.4) is 0 Å². The maximum atomic E-state index is 11.8. The average molecular weight is 296 g/mol. The van der Waals surface area contributed by atoms with E-state index in [1.54, 1.807) is 6.08 Å². The molecule has 0 aromatic rings. The number of ketones is 1. The summed E-state index contributed by atoms with van der Waals surface area (Å²) in [7, 11) is 0. The summed E-state index contributed by atoms with van der Waals surface area (Å²) in [5.41, 5.74) is 2.82. The van der Waals surface area contributed by atoms with Crippen LogP contribution in [0.25, 0.3) is 0 Å². The summed E-state index contributed by atoms with van der Waals surface area (Å²) in [5, 5.41) is 0. The van der Waals surface area contributed by atoms with Crippen molar-refractivity contribution >= 4 is 5.78 Å². The Morgan fingerprint density at radius 3 is 2.95 bits per heavy atom. The van der Waals surface area contributed by atoms with Crippen LogP contribution in [0.15, 0.2) is 36.0 Å². The topological polar surface area (TPSA) is 29.6 Å². The lowest BCUT2D eigenvalue weighted by Gasteiger charge is -2.57. The van der Waals surface area contributed by atoms with Crippen LogP contribution in [0.5, 0.6) is 0 Å². The molecule has 0 radical (unpaired) electrons. The largest absolute Gasteiger partial charge is 0.369 e. The number of epoxide rings is 1. The van der Waals surface area contributed by atoms with Crippen LogP contribution < -0.4 is 0 Å². The van der Waals surface area contributed by atoms with E-state index in [0.717, 1.165) is 12.3 Å². The smallest absolute Gasteiger partial charge is 0.178 e. The van der Waals surface area contributed by atoms with E-state index in [-0.39, 0.29) is 11.2 Å². The Hall–Kier alpha value is -1.15. The molecule has 22 heavy (non-hydrogen) atoms. The Kier molecular flexibility index (Phi) is 2.32. The minimum Gasteiger partial charge on any atom is -0.369 e. The van der Waals surface area contributed by atoms with Gasteiger partial charge in [0.1, 0.15) is 0 Å². The number of carbonyl (C=O) groups is 1. The lowest BCUT2D eigenvalue weighted by Crippen LogP contribution is -2.50. The Labute approximate surface area is 132 Å². The van der Waals surface area contributed by atoms with Crippen LogP contribution in [-0.2, 0) is 9.53 Å². The lowest BCUT2D eigenvalue weighted by molar-refractivity contribution is -0.111. The molecule has 3 saturated carbocycles. The summed E-state index contributed by atoms with van der Waals surface area (Å²) >= 11 is 0. The van der Waals surface area contributed by atoms with Crippen molar-refractivity contribution in [1.82, 2.24) is 0 Å². The van der Waals surface area contributed by atoms with Crippen LogP contribution in [0.1, 0.15) is 39.5 Å².